The molecule has 1 aromatic heterocycles. The molecule has 2 aromatic carbocycles. The molecule has 18 heavy (non-hydrogen) atoms. The van der Waals surface area contributed by atoms with Gasteiger partial charge in [0.2, 0.25) is 0 Å². The number of hydrogen-bond acceptors (Lipinski definition) is 3. The molecule has 0 aliphatic heterocycles. The van der Waals surface area contributed by atoms with Crippen LogP contribution in [0.25, 0.3) is 21.0 Å². The van der Waals surface area contributed by atoms with E-state index in [9.17, 15) is 0 Å². The van der Waals surface area contributed by atoms with Crippen LogP contribution >= 0.6 is 22.9 Å². The highest BCUT2D eigenvalue weighted by Gasteiger charge is 2.09. The van der Waals surface area contributed by atoms with Crippen molar-refractivity contribution in [2.24, 2.45) is 0 Å². The van der Waals surface area contributed by atoms with Gasteiger partial charge < -0.3 is 5.32 Å². The first-order chi connectivity index (χ1) is 8.79. The normalized spacial score (nSPS) is 11.2. The fourth-order valence-electron chi connectivity index (χ4n) is 2.02. The third-order valence-electron chi connectivity index (χ3n) is 2.88. The molecule has 92 valence electrons. The van der Waals surface area contributed by atoms with Crippen molar-refractivity contribution in [1.29, 1.82) is 0 Å². The van der Waals surface area contributed by atoms with Gasteiger partial charge in [0.25, 0.3) is 0 Å². The van der Waals surface area contributed by atoms with Crippen LogP contribution in [0.5, 0.6) is 0 Å². The quantitative estimate of drug-likeness (QED) is 0.734. The van der Waals surface area contributed by atoms with Crippen molar-refractivity contribution < 1.29 is 0 Å². The SMILES string of the molecule is CCCNc1nc2c(cc(Cl)c3ccccc32)s1. The van der Waals surface area contributed by atoms with Gasteiger partial charge in [-0.15, -0.1) is 0 Å². The van der Waals surface area contributed by atoms with Crippen molar-refractivity contribution in [3.63, 3.8) is 0 Å². The van der Waals surface area contributed by atoms with Crippen LogP contribution < -0.4 is 5.32 Å². The molecule has 0 unspecified atom stereocenters. The number of fused-ring (bicyclic) bond motifs is 3. The molecule has 3 rings (SSSR count). The van der Waals surface area contributed by atoms with Crippen molar-refractivity contribution in [1.82, 2.24) is 4.98 Å². The minimum Gasteiger partial charge on any atom is -0.361 e. The summed E-state index contributed by atoms with van der Waals surface area (Å²) in [5.74, 6) is 0. The van der Waals surface area contributed by atoms with Crippen LogP contribution in [-0.2, 0) is 0 Å². The molecule has 0 saturated carbocycles. The molecule has 0 spiro atoms. The van der Waals surface area contributed by atoms with Gasteiger partial charge in [0.15, 0.2) is 5.13 Å². The number of nitrogens with one attached hydrogen (secondary N) is 1. The first kappa shape index (κ1) is 11.8. The molecule has 0 aliphatic carbocycles. The van der Waals surface area contributed by atoms with E-state index in [0.29, 0.717) is 0 Å². The number of aromatic nitrogens is 1. The summed E-state index contributed by atoms with van der Waals surface area (Å²) in [5.41, 5.74) is 1.04. The topological polar surface area (TPSA) is 24.9 Å². The van der Waals surface area contributed by atoms with Gasteiger partial charge in [-0.05, 0) is 12.5 Å². The maximum atomic E-state index is 6.31. The molecule has 1 N–H and O–H groups in total. The van der Waals surface area contributed by atoms with Gasteiger partial charge in [0.05, 0.1) is 10.2 Å². The summed E-state index contributed by atoms with van der Waals surface area (Å²) in [6, 6.07) is 10.1. The largest absolute Gasteiger partial charge is 0.361 e. The summed E-state index contributed by atoms with van der Waals surface area (Å²) >= 11 is 7.97. The van der Waals surface area contributed by atoms with Gasteiger partial charge in [-0.1, -0.05) is 54.1 Å². The lowest BCUT2D eigenvalue weighted by Gasteiger charge is -2.00. The van der Waals surface area contributed by atoms with Gasteiger partial charge in [-0.2, -0.15) is 0 Å². The van der Waals surface area contributed by atoms with E-state index in [2.05, 4.69) is 23.3 Å². The number of halogens is 1. The van der Waals surface area contributed by atoms with E-state index in [0.717, 1.165) is 44.1 Å². The second-order valence-electron chi connectivity index (χ2n) is 4.20. The van der Waals surface area contributed by atoms with Gasteiger partial charge in [-0.25, -0.2) is 4.98 Å². The van der Waals surface area contributed by atoms with Crippen LogP contribution in [-0.4, -0.2) is 11.5 Å². The second-order valence-corrected chi connectivity index (χ2v) is 5.63. The third-order valence-corrected chi connectivity index (χ3v) is 4.15. The fraction of sp³-hybridized carbons (Fsp3) is 0.214. The maximum absolute atomic E-state index is 6.31. The number of thiazole rings is 1. The van der Waals surface area contributed by atoms with Gasteiger partial charge >= 0.3 is 0 Å². The Kier molecular flexibility index (Phi) is 3.10. The first-order valence-corrected chi connectivity index (χ1v) is 7.20. The van der Waals surface area contributed by atoms with E-state index < -0.39 is 0 Å². The molecule has 0 fully saturated rings. The van der Waals surface area contributed by atoms with Gasteiger partial charge in [-0.3, -0.25) is 0 Å². The summed E-state index contributed by atoms with van der Waals surface area (Å²) < 4.78 is 1.14. The highest BCUT2D eigenvalue weighted by Crippen LogP contribution is 2.35. The summed E-state index contributed by atoms with van der Waals surface area (Å²) in [6.07, 6.45) is 1.09. The molecule has 4 heteroatoms. The van der Waals surface area contributed by atoms with E-state index in [1.165, 1.54) is 0 Å². The van der Waals surface area contributed by atoms with E-state index in [1.54, 1.807) is 11.3 Å². The Labute approximate surface area is 115 Å². The average molecular weight is 277 g/mol. The Morgan fingerprint density at radius 1 is 1.28 bits per heavy atom. The van der Waals surface area contributed by atoms with Gasteiger partial charge in [0, 0.05) is 22.3 Å². The minimum absolute atomic E-state index is 0.795. The number of rotatable bonds is 3. The lowest BCUT2D eigenvalue weighted by molar-refractivity contribution is 0.977. The number of anilines is 1. The molecule has 0 bridgehead atoms. The summed E-state index contributed by atoms with van der Waals surface area (Å²) in [5, 5.41) is 7.29. The summed E-state index contributed by atoms with van der Waals surface area (Å²) in [4.78, 5) is 4.67. The highest BCUT2D eigenvalue weighted by atomic mass is 35.5. The zero-order chi connectivity index (χ0) is 12.5. The molecule has 0 saturated heterocycles. The van der Waals surface area contributed by atoms with Crippen LogP contribution in [0.15, 0.2) is 30.3 Å². The molecule has 0 atom stereocenters. The van der Waals surface area contributed by atoms with Crippen molar-refractivity contribution >= 4 is 49.1 Å². The molecule has 3 aromatic rings. The Morgan fingerprint density at radius 2 is 2.06 bits per heavy atom. The fourth-order valence-corrected chi connectivity index (χ4v) is 3.31. The van der Waals surface area contributed by atoms with Crippen LogP contribution in [0.3, 0.4) is 0 Å². The monoisotopic (exact) mass is 276 g/mol. The number of hydrogen-bond donors (Lipinski definition) is 1. The molecule has 0 radical (unpaired) electrons. The zero-order valence-electron chi connectivity index (χ0n) is 10.0. The number of benzene rings is 2. The predicted octanol–water partition coefficient (Wildman–Crippen LogP) is 4.92. The van der Waals surface area contributed by atoms with Crippen molar-refractivity contribution in [3.05, 3.63) is 35.4 Å². The third kappa shape index (κ3) is 1.93. The van der Waals surface area contributed by atoms with Crippen molar-refractivity contribution in [3.8, 4) is 0 Å². The van der Waals surface area contributed by atoms with Crippen LogP contribution in [0, 0.1) is 0 Å². The Balaban J connectivity index is 2.23. The lowest BCUT2D eigenvalue weighted by atomic mass is 10.1. The van der Waals surface area contributed by atoms with E-state index in [4.69, 9.17) is 11.6 Å². The smallest absolute Gasteiger partial charge is 0.183 e. The lowest BCUT2D eigenvalue weighted by Crippen LogP contribution is -1.98. The zero-order valence-corrected chi connectivity index (χ0v) is 11.6. The van der Waals surface area contributed by atoms with Crippen LogP contribution in [0.1, 0.15) is 13.3 Å². The standard InChI is InChI=1S/C14H13ClN2S/c1-2-7-16-14-17-13-10-6-4-3-5-9(10)11(15)8-12(13)18-14/h3-6,8H,2,7H2,1H3,(H,16,17). The van der Waals surface area contributed by atoms with Crippen LogP contribution in [0.2, 0.25) is 5.02 Å². The Hall–Kier alpha value is -1.32. The average Bonchev–Trinajstić information content (AvgIpc) is 2.80. The Morgan fingerprint density at radius 3 is 2.83 bits per heavy atom. The highest BCUT2D eigenvalue weighted by molar-refractivity contribution is 7.22. The van der Waals surface area contributed by atoms with E-state index >= 15 is 0 Å². The molecular weight excluding hydrogens is 264 g/mol. The second kappa shape index (κ2) is 4.75. The molecular formula is C14H13ClN2S. The molecule has 2 nitrogen and oxygen atoms in total. The Bertz CT molecular complexity index is 705. The molecule has 0 amide bonds. The van der Waals surface area contributed by atoms with Crippen LogP contribution in [0.4, 0.5) is 5.13 Å². The summed E-state index contributed by atoms with van der Waals surface area (Å²) in [6.45, 7) is 3.10. The number of nitrogens with zero attached hydrogens (tertiary/aromatic N) is 1. The van der Waals surface area contributed by atoms with Crippen molar-refractivity contribution in [2.75, 3.05) is 11.9 Å². The van der Waals surface area contributed by atoms with E-state index in [-0.39, 0.29) is 0 Å². The summed E-state index contributed by atoms with van der Waals surface area (Å²) in [7, 11) is 0. The maximum Gasteiger partial charge on any atom is 0.183 e. The first-order valence-electron chi connectivity index (χ1n) is 6.01. The van der Waals surface area contributed by atoms with E-state index in [1.807, 2.05) is 24.3 Å². The van der Waals surface area contributed by atoms with Gasteiger partial charge in [0.1, 0.15) is 0 Å². The van der Waals surface area contributed by atoms with Crippen molar-refractivity contribution in [2.45, 2.75) is 13.3 Å². The minimum atomic E-state index is 0.795. The molecule has 1 heterocycles. The molecule has 0 aliphatic rings. The predicted molar refractivity (Wildman–Crippen MR) is 80.9 cm³/mol.